The molecule has 1 aromatic carbocycles. The van der Waals surface area contributed by atoms with Crippen LogP contribution >= 0.6 is 0 Å². The zero-order chi connectivity index (χ0) is 28.8. The van der Waals surface area contributed by atoms with Crippen molar-refractivity contribution in [2.75, 3.05) is 6.54 Å². The van der Waals surface area contributed by atoms with Crippen molar-refractivity contribution in [1.29, 1.82) is 0 Å². The van der Waals surface area contributed by atoms with Crippen molar-refractivity contribution >= 4 is 29.5 Å². The van der Waals surface area contributed by atoms with Gasteiger partial charge in [-0.2, -0.15) is 0 Å². The van der Waals surface area contributed by atoms with Gasteiger partial charge >= 0.3 is 5.97 Å². The maximum atomic E-state index is 13.5. The summed E-state index contributed by atoms with van der Waals surface area (Å²) in [6, 6.07) is 5.75. The Labute approximate surface area is 225 Å². The third-order valence-corrected chi connectivity index (χ3v) is 6.09. The molecule has 10 heteroatoms. The third kappa shape index (κ3) is 11.9. The highest BCUT2D eigenvalue weighted by Gasteiger charge is 2.32. The van der Waals surface area contributed by atoms with Gasteiger partial charge in [-0.1, -0.05) is 65.0 Å². The third-order valence-electron chi connectivity index (χ3n) is 6.09. The molecule has 0 aliphatic carbocycles. The number of hydrogen-bond donors (Lipinski definition) is 5. The van der Waals surface area contributed by atoms with E-state index in [1.54, 1.807) is 20.8 Å². The molecule has 3 amide bonds. The van der Waals surface area contributed by atoms with Crippen molar-refractivity contribution in [3.05, 3.63) is 35.9 Å². The van der Waals surface area contributed by atoms with E-state index in [-0.39, 0.29) is 36.9 Å². The first-order valence-electron chi connectivity index (χ1n) is 13.3. The highest BCUT2D eigenvalue weighted by atomic mass is 16.4. The Morgan fingerprint density at radius 2 is 1.39 bits per heavy atom. The number of nitrogens with one attached hydrogen (secondary N) is 4. The summed E-state index contributed by atoms with van der Waals surface area (Å²) in [4.78, 5) is 62.8. The molecule has 0 aromatic heterocycles. The number of hydrogen-bond acceptors (Lipinski definition) is 6. The first-order valence-corrected chi connectivity index (χ1v) is 13.3. The quantitative estimate of drug-likeness (QED) is 0.205. The van der Waals surface area contributed by atoms with Crippen LogP contribution < -0.4 is 21.3 Å². The van der Waals surface area contributed by atoms with Crippen LogP contribution in [-0.2, 0) is 30.4 Å². The molecule has 1 rings (SSSR count). The van der Waals surface area contributed by atoms with E-state index in [0.717, 1.165) is 5.56 Å². The SMILES string of the molecule is CCN[C@@H](CCC(=O)O)C(=O)N[C@@H](Cc1ccccc1)C(=O)N[C@H](C(=O)N[C@@H](CC(C)C)C(C)=O)C(C)C. The Kier molecular flexibility index (Phi) is 14.3. The highest BCUT2D eigenvalue weighted by Crippen LogP contribution is 2.10. The number of carboxylic acids is 1. The molecule has 0 aliphatic rings. The van der Waals surface area contributed by atoms with Gasteiger partial charge < -0.3 is 26.4 Å². The van der Waals surface area contributed by atoms with E-state index in [9.17, 15) is 24.0 Å². The maximum absolute atomic E-state index is 13.5. The molecule has 1 aromatic rings. The summed E-state index contributed by atoms with van der Waals surface area (Å²) in [7, 11) is 0. The second-order valence-electron chi connectivity index (χ2n) is 10.3. The van der Waals surface area contributed by atoms with Gasteiger partial charge in [0.25, 0.3) is 0 Å². The Morgan fingerprint density at radius 3 is 1.89 bits per heavy atom. The molecule has 4 atom stereocenters. The zero-order valence-electron chi connectivity index (χ0n) is 23.4. The van der Waals surface area contributed by atoms with E-state index in [1.165, 1.54) is 6.92 Å². The van der Waals surface area contributed by atoms with Crippen molar-refractivity contribution in [2.45, 2.75) is 91.4 Å². The molecule has 0 bridgehead atoms. The number of amides is 3. The number of rotatable bonds is 17. The van der Waals surface area contributed by atoms with Crippen LogP contribution in [0.1, 0.15) is 66.4 Å². The summed E-state index contributed by atoms with van der Waals surface area (Å²) < 4.78 is 0. The second kappa shape index (κ2) is 16.5. The molecular weight excluding hydrogens is 488 g/mol. The van der Waals surface area contributed by atoms with Crippen LogP contribution in [0.2, 0.25) is 0 Å². The molecule has 0 heterocycles. The number of ketones is 1. The molecule has 0 spiro atoms. The van der Waals surface area contributed by atoms with E-state index in [4.69, 9.17) is 5.11 Å². The summed E-state index contributed by atoms with van der Waals surface area (Å²) >= 11 is 0. The van der Waals surface area contributed by atoms with Crippen molar-refractivity contribution in [1.82, 2.24) is 21.3 Å². The summed E-state index contributed by atoms with van der Waals surface area (Å²) in [5.74, 6) is -2.80. The number of carboxylic acid groups (broad SMARTS) is 1. The van der Waals surface area contributed by atoms with Crippen LogP contribution in [0.25, 0.3) is 0 Å². The predicted molar refractivity (Wildman–Crippen MR) is 145 cm³/mol. The number of carbonyl (C=O) groups excluding carboxylic acids is 4. The molecule has 0 radical (unpaired) electrons. The molecule has 5 N–H and O–H groups in total. The fourth-order valence-corrected chi connectivity index (χ4v) is 4.02. The average Bonchev–Trinajstić information content (AvgIpc) is 2.83. The first-order chi connectivity index (χ1) is 17.8. The fraction of sp³-hybridized carbons (Fsp3) is 0.607. The summed E-state index contributed by atoms with van der Waals surface area (Å²) in [5, 5.41) is 20.3. The van der Waals surface area contributed by atoms with Gasteiger partial charge in [0.15, 0.2) is 5.78 Å². The van der Waals surface area contributed by atoms with Gasteiger partial charge in [0.05, 0.1) is 12.1 Å². The van der Waals surface area contributed by atoms with E-state index >= 15 is 0 Å². The molecule has 0 saturated carbocycles. The first kappa shape index (κ1) is 32.8. The molecular formula is C28H44N4O6. The molecule has 0 aliphatic heterocycles. The van der Waals surface area contributed by atoms with Gasteiger partial charge in [0.2, 0.25) is 17.7 Å². The molecule has 212 valence electrons. The number of likely N-dealkylation sites (N-methyl/N-ethyl adjacent to an activating group) is 1. The molecule has 38 heavy (non-hydrogen) atoms. The highest BCUT2D eigenvalue weighted by molar-refractivity contribution is 5.95. The topological polar surface area (TPSA) is 154 Å². The summed E-state index contributed by atoms with van der Waals surface area (Å²) in [6.45, 7) is 11.1. The average molecular weight is 533 g/mol. The van der Waals surface area contributed by atoms with E-state index in [1.807, 2.05) is 44.2 Å². The molecule has 10 nitrogen and oxygen atoms in total. The van der Waals surface area contributed by atoms with Crippen molar-refractivity contribution in [3.8, 4) is 0 Å². The number of aliphatic carboxylic acids is 1. The van der Waals surface area contributed by atoms with Gasteiger partial charge in [-0.3, -0.25) is 24.0 Å². The Bertz CT molecular complexity index is 935. The molecule has 0 unspecified atom stereocenters. The van der Waals surface area contributed by atoms with Crippen LogP contribution in [0.3, 0.4) is 0 Å². The van der Waals surface area contributed by atoms with Gasteiger partial charge in [0.1, 0.15) is 12.1 Å². The smallest absolute Gasteiger partial charge is 0.303 e. The minimum atomic E-state index is -1.02. The summed E-state index contributed by atoms with van der Waals surface area (Å²) in [6.07, 6.45) is 0.513. The predicted octanol–water partition coefficient (Wildman–Crippen LogP) is 1.82. The number of carbonyl (C=O) groups is 5. The van der Waals surface area contributed by atoms with Gasteiger partial charge in [-0.25, -0.2) is 0 Å². The van der Waals surface area contributed by atoms with E-state index < -0.39 is 47.9 Å². The van der Waals surface area contributed by atoms with Gasteiger partial charge in [0, 0.05) is 12.8 Å². The lowest BCUT2D eigenvalue weighted by molar-refractivity contribution is -0.137. The molecule has 0 fully saturated rings. The number of benzene rings is 1. The van der Waals surface area contributed by atoms with E-state index in [2.05, 4.69) is 21.3 Å². The minimum Gasteiger partial charge on any atom is -0.481 e. The lowest BCUT2D eigenvalue weighted by Gasteiger charge is -2.28. The van der Waals surface area contributed by atoms with E-state index in [0.29, 0.717) is 13.0 Å². The Morgan fingerprint density at radius 1 is 0.816 bits per heavy atom. The van der Waals surface area contributed by atoms with Gasteiger partial charge in [-0.05, 0) is 43.7 Å². The number of Topliss-reactive ketones (excluding diaryl/α,β-unsaturated/α-hetero) is 1. The van der Waals surface area contributed by atoms with Crippen molar-refractivity contribution in [2.24, 2.45) is 11.8 Å². The summed E-state index contributed by atoms with van der Waals surface area (Å²) in [5.41, 5.74) is 0.803. The van der Waals surface area contributed by atoms with Crippen LogP contribution in [0, 0.1) is 11.8 Å². The van der Waals surface area contributed by atoms with Crippen molar-refractivity contribution in [3.63, 3.8) is 0 Å². The lowest BCUT2D eigenvalue weighted by atomic mass is 9.98. The monoisotopic (exact) mass is 532 g/mol. The Balaban J connectivity index is 3.13. The van der Waals surface area contributed by atoms with Crippen LogP contribution in [0.4, 0.5) is 0 Å². The zero-order valence-corrected chi connectivity index (χ0v) is 23.4. The maximum Gasteiger partial charge on any atom is 0.303 e. The van der Waals surface area contributed by atoms with Crippen LogP contribution in [0.5, 0.6) is 0 Å². The molecule has 0 saturated heterocycles. The second-order valence-corrected chi connectivity index (χ2v) is 10.3. The largest absolute Gasteiger partial charge is 0.481 e. The van der Waals surface area contributed by atoms with Gasteiger partial charge in [-0.15, -0.1) is 0 Å². The minimum absolute atomic E-state index is 0.0635. The van der Waals surface area contributed by atoms with Crippen LogP contribution in [-0.4, -0.2) is 65.3 Å². The van der Waals surface area contributed by atoms with Crippen molar-refractivity contribution < 1.29 is 29.1 Å². The fourth-order valence-electron chi connectivity index (χ4n) is 4.02. The Hall–Kier alpha value is -3.27. The standard InChI is InChI=1S/C28H44N4O6/c1-7-29-21(13-14-24(34)35)26(36)31-23(16-20-11-9-8-10-12-20)27(37)32-25(18(4)5)28(38)30-22(19(6)33)15-17(2)3/h8-12,17-18,21-23,25,29H,7,13-16H2,1-6H3,(H,30,38)(H,31,36)(H,32,37)(H,34,35)/t21-,22-,23-,25-/m0/s1. The normalized spacial score (nSPS) is 14.3. The van der Waals surface area contributed by atoms with Crippen LogP contribution in [0.15, 0.2) is 30.3 Å². The lowest BCUT2D eigenvalue weighted by Crippen LogP contribution is -2.59.